The van der Waals surface area contributed by atoms with Crippen LogP contribution in [-0.2, 0) is 11.3 Å². The molecule has 2 N–H and O–H groups in total. The van der Waals surface area contributed by atoms with Crippen molar-refractivity contribution in [3.63, 3.8) is 0 Å². The van der Waals surface area contributed by atoms with Crippen LogP contribution >= 0.6 is 0 Å². The summed E-state index contributed by atoms with van der Waals surface area (Å²) in [7, 11) is 0. The van der Waals surface area contributed by atoms with E-state index >= 15 is 0 Å². The maximum atomic E-state index is 11.9. The van der Waals surface area contributed by atoms with Gasteiger partial charge in [-0.3, -0.25) is 4.79 Å². The van der Waals surface area contributed by atoms with E-state index in [2.05, 4.69) is 5.32 Å². The van der Waals surface area contributed by atoms with Crippen LogP contribution in [0.15, 0.2) is 41.2 Å². The summed E-state index contributed by atoms with van der Waals surface area (Å²) < 4.78 is 5.15. The van der Waals surface area contributed by atoms with Crippen molar-refractivity contribution in [1.82, 2.24) is 5.32 Å². The molecule has 0 fully saturated rings. The Hall–Kier alpha value is -2.14. The molecule has 0 bridgehead atoms. The summed E-state index contributed by atoms with van der Waals surface area (Å²) in [6, 6.07) is 10.3. The Bertz CT molecular complexity index is 601. The third-order valence-electron chi connectivity index (χ3n) is 3.57. The van der Waals surface area contributed by atoms with Gasteiger partial charge in [-0.25, -0.2) is 4.79 Å². The molecule has 2 aromatic rings. The van der Waals surface area contributed by atoms with Crippen molar-refractivity contribution < 1.29 is 14.6 Å². The minimum atomic E-state index is -0.955. The van der Waals surface area contributed by atoms with Gasteiger partial charge in [0.2, 0.25) is 0 Å². The molecule has 1 amide bonds. The van der Waals surface area contributed by atoms with Gasteiger partial charge in [0.15, 0.2) is 5.43 Å². The molecule has 0 radical (unpaired) electrons. The predicted octanol–water partition coefficient (Wildman–Crippen LogP) is 2.44. The number of hydrogen-bond donors (Lipinski definition) is 2. The van der Waals surface area contributed by atoms with Gasteiger partial charge in [-0.1, -0.05) is 50.1 Å². The van der Waals surface area contributed by atoms with E-state index in [1.54, 1.807) is 0 Å². The van der Waals surface area contributed by atoms with Crippen molar-refractivity contribution in [3.05, 3.63) is 57.7 Å². The van der Waals surface area contributed by atoms with Crippen molar-refractivity contribution in [2.24, 2.45) is 0 Å². The molecule has 2 rings (SSSR count). The molecule has 0 aliphatic rings. The van der Waals surface area contributed by atoms with Crippen LogP contribution in [0.25, 0.3) is 0 Å². The lowest BCUT2D eigenvalue weighted by molar-refractivity contribution is 0.0993. The summed E-state index contributed by atoms with van der Waals surface area (Å²) in [5.74, 6) is 0. The SMILES string of the molecule is CCCC[C@H](NC(=O)OCc1ccccc1)[C@@H](O)c1cc1=O. The van der Waals surface area contributed by atoms with Crippen molar-refractivity contribution in [3.8, 4) is 0 Å². The molecule has 0 unspecified atom stereocenters. The van der Waals surface area contributed by atoms with Crippen molar-refractivity contribution >= 4 is 6.09 Å². The molecule has 5 nitrogen and oxygen atoms in total. The van der Waals surface area contributed by atoms with Gasteiger partial charge in [-0.15, -0.1) is 0 Å². The Kier molecular flexibility index (Phi) is 5.72. The first-order chi connectivity index (χ1) is 10.6. The second kappa shape index (κ2) is 7.75. The standard InChI is InChI=1S/C17H21NO4/c1-2-3-9-14(16(20)13-10-15(13)19)18-17(21)22-11-12-7-5-4-6-8-12/h4-8,10,14,16,20H,2-3,9,11H2,1H3,(H,18,21)/t14-,16-/m0/s1. The Morgan fingerprint density at radius 3 is 2.59 bits per heavy atom. The van der Waals surface area contributed by atoms with Gasteiger partial charge in [0.1, 0.15) is 12.7 Å². The minimum Gasteiger partial charge on any atom is -0.445 e. The highest BCUT2D eigenvalue weighted by atomic mass is 16.5. The summed E-state index contributed by atoms with van der Waals surface area (Å²) in [6.45, 7) is 2.20. The highest BCUT2D eigenvalue weighted by Crippen LogP contribution is 2.20. The van der Waals surface area contributed by atoms with Crippen LogP contribution in [-0.4, -0.2) is 17.2 Å². The Labute approximate surface area is 129 Å². The molecule has 0 saturated carbocycles. The van der Waals surface area contributed by atoms with Crippen LogP contribution in [0.3, 0.4) is 0 Å². The second-order valence-corrected chi connectivity index (χ2v) is 5.36. The fourth-order valence-corrected chi connectivity index (χ4v) is 2.20. The quantitative estimate of drug-likeness (QED) is 0.785. The lowest BCUT2D eigenvalue weighted by atomic mass is 10.0. The number of carbonyl (C=O) groups excluding carboxylic acids is 1. The highest BCUT2D eigenvalue weighted by molar-refractivity contribution is 5.67. The largest absolute Gasteiger partial charge is 0.445 e. The zero-order valence-electron chi connectivity index (χ0n) is 12.6. The first-order valence-electron chi connectivity index (χ1n) is 7.53. The molecule has 22 heavy (non-hydrogen) atoms. The lowest BCUT2D eigenvalue weighted by Gasteiger charge is -2.21. The number of aliphatic hydroxyl groups excluding tert-OH is 1. The molecule has 2 aromatic carbocycles. The number of aliphatic hydroxyl groups is 1. The third-order valence-corrected chi connectivity index (χ3v) is 3.57. The van der Waals surface area contributed by atoms with Gasteiger partial charge in [-0.05, 0) is 18.1 Å². The van der Waals surface area contributed by atoms with Crippen LogP contribution in [0.4, 0.5) is 4.79 Å². The molecule has 0 saturated heterocycles. The molecule has 0 aromatic heterocycles. The van der Waals surface area contributed by atoms with Gasteiger partial charge in [0, 0.05) is 5.56 Å². The monoisotopic (exact) mass is 303 g/mol. The van der Waals surface area contributed by atoms with Crippen LogP contribution in [0.2, 0.25) is 0 Å². The topological polar surface area (TPSA) is 75.6 Å². The fourth-order valence-electron chi connectivity index (χ4n) is 2.20. The van der Waals surface area contributed by atoms with E-state index in [1.807, 2.05) is 37.3 Å². The van der Waals surface area contributed by atoms with E-state index in [0.717, 1.165) is 18.4 Å². The van der Waals surface area contributed by atoms with Gasteiger partial charge < -0.3 is 15.2 Å². The number of benzene rings is 1. The van der Waals surface area contributed by atoms with Crippen LogP contribution in [0.5, 0.6) is 0 Å². The third kappa shape index (κ3) is 4.70. The van der Waals surface area contributed by atoms with E-state index in [0.29, 0.717) is 12.0 Å². The van der Waals surface area contributed by atoms with E-state index in [1.165, 1.54) is 6.07 Å². The number of carbonyl (C=O) groups is 1. The summed E-state index contributed by atoms with van der Waals surface area (Å²) in [6.07, 6.45) is 0.850. The number of nitrogens with one attached hydrogen (secondary N) is 1. The van der Waals surface area contributed by atoms with E-state index in [9.17, 15) is 14.7 Å². The predicted molar refractivity (Wildman–Crippen MR) is 83.1 cm³/mol. The van der Waals surface area contributed by atoms with Gasteiger partial charge in [0.05, 0.1) is 6.04 Å². The van der Waals surface area contributed by atoms with Crippen molar-refractivity contribution in [2.75, 3.05) is 0 Å². The van der Waals surface area contributed by atoms with Crippen LogP contribution < -0.4 is 10.7 Å². The molecule has 118 valence electrons. The fraction of sp³-hybridized carbons (Fsp3) is 0.412. The number of amides is 1. The summed E-state index contributed by atoms with van der Waals surface area (Å²) in [5, 5.41) is 12.8. The molecular weight excluding hydrogens is 282 g/mol. The number of ether oxygens (including phenoxy) is 1. The maximum Gasteiger partial charge on any atom is 0.407 e. The average Bonchev–Trinajstić information content (AvgIpc) is 3.26. The maximum absolute atomic E-state index is 11.9. The number of alkyl carbamates (subject to hydrolysis) is 1. The minimum absolute atomic E-state index is 0.145. The average molecular weight is 303 g/mol. The van der Waals surface area contributed by atoms with Crippen molar-refractivity contribution in [2.45, 2.75) is 44.9 Å². The van der Waals surface area contributed by atoms with Gasteiger partial charge in [0.25, 0.3) is 0 Å². The first-order valence-corrected chi connectivity index (χ1v) is 7.53. The lowest BCUT2D eigenvalue weighted by Crippen LogP contribution is -2.39. The summed E-state index contributed by atoms with van der Waals surface area (Å²) in [4.78, 5) is 23.0. The van der Waals surface area contributed by atoms with Gasteiger partial charge >= 0.3 is 6.09 Å². The smallest absolute Gasteiger partial charge is 0.407 e. The van der Waals surface area contributed by atoms with Gasteiger partial charge in [-0.2, -0.15) is 0 Å². The first kappa shape index (κ1) is 16.2. The normalized spacial score (nSPS) is 13.7. The number of rotatable bonds is 8. The molecular formula is C17H21NO4. The molecule has 0 aliphatic heterocycles. The number of unbranched alkanes of at least 4 members (excludes halogenated alkanes) is 1. The highest BCUT2D eigenvalue weighted by Gasteiger charge is 2.28. The molecule has 0 aliphatic carbocycles. The van der Waals surface area contributed by atoms with E-state index in [-0.39, 0.29) is 12.0 Å². The summed E-state index contributed by atoms with van der Waals surface area (Å²) >= 11 is 0. The van der Waals surface area contributed by atoms with E-state index in [4.69, 9.17) is 4.74 Å². The van der Waals surface area contributed by atoms with Crippen LogP contribution in [0, 0.1) is 0 Å². The number of hydrogen-bond acceptors (Lipinski definition) is 4. The Morgan fingerprint density at radius 1 is 1.32 bits per heavy atom. The molecule has 5 heteroatoms. The second-order valence-electron chi connectivity index (χ2n) is 5.36. The van der Waals surface area contributed by atoms with Crippen molar-refractivity contribution in [1.29, 1.82) is 0 Å². The molecule has 2 atom stereocenters. The van der Waals surface area contributed by atoms with Crippen LogP contribution in [0.1, 0.15) is 43.4 Å². The molecule has 0 heterocycles. The summed E-state index contributed by atoms with van der Waals surface area (Å²) in [5.41, 5.74) is 1.13. The zero-order valence-corrected chi connectivity index (χ0v) is 12.6. The Balaban J connectivity index is 1.86. The van der Waals surface area contributed by atoms with E-state index < -0.39 is 18.2 Å². The molecule has 0 spiro atoms. The Morgan fingerprint density at radius 2 is 2.00 bits per heavy atom. The zero-order chi connectivity index (χ0) is 15.9.